The lowest BCUT2D eigenvalue weighted by Gasteiger charge is -2.24. The van der Waals surface area contributed by atoms with E-state index in [4.69, 9.17) is 9.47 Å². The summed E-state index contributed by atoms with van der Waals surface area (Å²) >= 11 is 0. The van der Waals surface area contributed by atoms with Gasteiger partial charge in [0, 0.05) is 52.9 Å². The van der Waals surface area contributed by atoms with E-state index in [1.165, 1.54) is 0 Å². The predicted octanol–water partition coefficient (Wildman–Crippen LogP) is 1.57. The molecule has 0 radical (unpaired) electrons. The maximum Gasteiger partial charge on any atom is 0.193 e. The number of nitrogens with zero attached hydrogens (tertiary/aromatic N) is 2. The van der Waals surface area contributed by atoms with Crippen LogP contribution in [0, 0.1) is 5.92 Å². The van der Waals surface area contributed by atoms with Crippen molar-refractivity contribution < 1.29 is 9.47 Å². The number of methoxy groups -OCH3 is 1. The molecule has 1 N–H and O–H groups in total. The lowest BCUT2D eigenvalue weighted by atomic mass is 10.1. The molecular formula is C13H28IN3O2. The molecule has 1 aliphatic rings. The van der Waals surface area contributed by atoms with Gasteiger partial charge in [-0.3, -0.25) is 4.99 Å². The SMILES string of the molecule is CCNC(=NCCCOC)N(C)CC1CCOC1.I. The minimum Gasteiger partial charge on any atom is -0.385 e. The van der Waals surface area contributed by atoms with Crippen LogP contribution in [0.5, 0.6) is 0 Å². The highest BCUT2D eigenvalue weighted by atomic mass is 127. The highest BCUT2D eigenvalue weighted by Gasteiger charge is 2.18. The fraction of sp³-hybridized carbons (Fsp3) is 0.923. The van der Waals surface area contributed by atoms with Crippen LogP contribution in [0.2, 0.25) is 0 Å². The second-order valence-electron chi connectivity index (χ2n) is 4.69. The first-order valence-corrected chi connectivity index (χ1v) is 6.84. The van der Waals surface area contributed by atoms with E-state index in [0.29, 0.717) is 5.92 Å². The molecule has 0 aromatic rings. The molecule has 0 bridgehead atoms. The normalized spacial score (nSPS) is 19.1. The molecule has 19 heavy (non-hydrogen) atoms. The zero-order chi connectivity index (χ0) is 13.2. The number of ether oxygens (including phenoxy) is 2. The van der Waals surface area contributed by atoms with Crippen LogP contribution in [0.25, 0.3) is 0 Å². The number of hydrogen-bond donors (Lipinski definition) is 1. The van der Waals surface area contributed by atoms with Gasteiger partial charge in [0.1, 0.15) is 0 Å². The topological polar surface area (TPSA) is 46.1 Å². The maximum absolute atomic E-state index is 5.41. The highest BCUT2D eigenvalue weighted by molar-refractivity contribution is 14.0. The first-order valence-electron chi connectivity index (χ1n) is 6.84. The van der Waals surface area contributed by atoms with E-state index >= 15 is 0 Å². The lowest BCUT2D eigenvalue weighted by molar-refractivity contribution is 0.181. The molecule has 0 aliphatic carbocycles. The Morgan fingerprint density at radius 3 is 2.89 bits per heavy atom. The van der Waals surface area contributed by atoms with Gasteiger partial charge in [0.2, 0.25) is 0 Å². The van der Waals surface area contributed by atoms with E-state index in [1.807, 2.05) is 0 Å². The summed E-state index contributed by atoms with van der Waals surface area (Å²) in [5.74, 6) is 1.62. The van der Waals surface area contributed by atoms with Crippen molar-refractivity contribution in [3.05, 3.63) is 0 Å². The van der Waals surface area contributed by atoms with Crippen LogP contribution >= 0.6 is 24.0 Å². The average Bonchev–Trinajstić information content (AvgIpc) is 2.86. The molecule has 1 aliphatic heterocycles. The fourth-order valence-electron chi connectivity index (χ4n) is 2.06. The minimum atomic E-state index is 0. The van der Waals surface area contributed by atoms with Gasteiger partial charge in [-0.15, -0.1) is 24.0 Å². The Hall–Kier alpha value is -0.0800. The lowest BCUT2D eigenvalue weighted by Crippen LogP contribution is -2.41. The summed E-state index contributed by atoms with van der Waals surface area (Å²) in [5.41, 5.74) is 0. The van der Waals surface area contributed by atoms with Crippen LogP contribution in [-0.4, -0.2) is 64.5 Å². The fourth-order valence-corrected chi connectivity index (χ4v) is 2.06. The molecular weight excluding hydrogens is 357 g/mol. The standard InChI is InChI=1S/C13H27N3O2.HI/c1-4-14-13(15-7-5-8-17-3)16(2)10-12-6-9-18-11-12;/h12H,4-11H2,1-3H3,(H,14,15);1H. The van der Waals surface area contributed by atoms with E-state index in [9.17, 15) is 0 Å². The van der Waals surface area contributed by atoms with E-state index in [1.54, 1.807) is 7.11 Å². The Kier molecular flexibility index (Phi) is 11.7. The van der Waals surface area contributed by atoms with Gasteiger partial charge in [-0.05, 0) is 19.8 Å². The Labute approximate surface area is 134 Å². The molecule has 0 spiro atoms. The van der Waals surface area contributed by atoms with Gasteiger partial charge >= 0.3 is 0 Å². The Morgan fingerprint density at radius 2 is 2.32 bits per heavy atom. The molecule has 0 aromatic heterocycles. The first-order chi connectivity index (χ1) is 8.77. The van der Waals surface area contributed by atoms with Gasteiger partial charge in [-0.25, -0.2) is 0 Å². The number of nitrogens with one attached hydrogen (secondary N) is 1. The number of rotatable bonds is 7. The summed E-state index contributed by atoms with van der Waals surface area (Å²) in [6, 6.07) is 0. The number of halogens is 1. The summed E-state index contributed by atoms with van der Waals surface area (Å²) in [6.07, 6.45) is 2.12. The molecule has 1 fully saturated rings. The summed E-state index contributed by atoms with van der Waals surface area (Å²) in [4.78, 5) is 6.81. The molecule has 6 heteroatoms. The van der Waals surface area contributed by atoms with Crippen LogP contribution in [0.3, 0.4) is 0 Å². The Bertz CT molecular complexity index is 246. The van der Waals surface area contributed by atoms with Gasteiger partial charge in [-0.2, -0.15) is 0 Å². The quantitative estimate of drug-likeness (QED) is 0.313. The van der Waals surface area contributed by atoms with Crippen LogP contribution in [0.15, 0.2) is 4.99 Å². The molecule has 0 saturated carbocycles. The average molecular weight is 385 g/mol. The molecule has 0 amide bonds. The summed E-state index contributed by atoms with van der Waals surface area (Å²) in [7, 11) is 3.82. The second-order valence-corrected chi connectivity index (χ2v) is 4.69. The Morgan fingerprint density at radius 1 is 1.53 bits per heavy atom. The molecule has 1 rings (SSSR count). The molecule has 114 valence electrons. The summed E-state index contributed by atoms with van der Waals surface area (Å²) in [5, 5.41) is 3.33. The molecule has 1 unspecified atom stereocenters. The van der Waals surface area contributed by atoms with Gasteiger partial charge < -0.3 is 19.7 Å². The zero-order valence-corrected chi connectivity index (χ0v) is 14.7. The largest absolute Gasteiger partial charge is 0.385 e. The first kappa shape index (κ1) is 18.9. The van der Waals surface area contributed by atoms with Crippen LogP contribution in [-0.2, 0) is 9.47 Å². The van der Waals surface area contributed by atoms with Gasteiger partial charge in [0.05, 0.1) is 6.61 Å². The smallest absolute Gasteiger partial charge is 0.193 e. The van der Waals surface area contributed by atoms with Crippen molar-refractivity contribution in [2.45, 2.75) is 19.8 Å². The summed E-state index contributed by atoms with van der Waals surface area (Å²) in [6.45, 7) is 7.36. The van der Waals surface area contributed by atoms with E-state index in [-0.39, 0.29) is 24.0 Å². The van der Waals surface area contributed by atoms with E-state index in [2.05, 4.69) is 29.2 Å². The minimum absolute atomic E-state index is 0. The van der Waals surface area contributed by atoms with Gasteiger partial charge in [-0.1, -0.05) is 0 Å². The molecule has 1 heterocycles. The van der Waals surface area contributed by atoms with Crippen molar-refractivity contribution in [2.75, 3.05) is 53.6 Å². The monoisotopic (exact) mass is 385 g/mol. The van der Waals surface area contributed by atoms with Crippen molar-refractivity contribution in [2.24, 2.45) is 10.9 Å². The van der Waals surface area contributed by atoms with E-state index < -0.39 is 0 Å². The van der Waals surface area contributed by atoms with Crippen molar-refractivity contribution >= 4 is 29.9 Å². The number of guanidine groups is 1. The third-order valence-corrected chi connectivity index (χ3v) is 3.02. The summed E-state index contributed by atoms with van der Waals surface area (Å²) < 4.78 is 10.4. The van der Waals surface area contributed by atoms with Crippen LogP contribution < -0.4 is 5.32 Å². The maximum atomic E-state index is 5.41. The van der Waals surface area contributed by atoms with Crippen LogP contribution in [0.1, 0.15) is 19.8 Å². The predicted molar refractivity (Wildman–Crippen MR) is 89.4 cm³/mol. The third kappa shape index (κ3) is 7.94. The number of hydrogen-bond acceptors (Lipinski definition) is 3. The van der Waals surface area contributed by atoms with E-state index in [0.717, 1.165) is 58.3 Å². The van der Waals surface area contributed by atoms with Crippen molar-refractivity contribution in [3.8, 4) is 0 Å². The Balaban J connectivity index is 0.00000324. The van der Waals surface area contributed by atoms with Crippen molar-refractivity contribution in [3.63, 3.8) is 0 Å². The van der Waals surface area contributed by atoms with Crippen LogP contribution in [0.4, 0.5) is 0 Å². The molecule has 0 aromatic carbocycles. The number of aliphatic imine (C=N–C) groups is 1. The zero-order valence-electron chi connectivity index (χ0n) is 12.4. The molecule has 1 atom stereocenters. The van der Waals surface area contributed by atoms with Gasteiger partial charge in [0.25, 0.3) is 0 Å². The highest BCUT2D eigenvalue weighted by Crippen LogP contribution is 2.13. The van der Waals surface area contributed by atoms with Crippen molar-refractivity contribution in [1.29, 1.82) is 0 Å². The third-order valence-electron chi connectivity index (χ3n) is 3.02. The molecule has 5 nitrogen and oxygen atoms in total. The molecule has 1 saturated heterocycles. The van der Waals surface area contributed by atoms with Gasteiger partial charge in [0.15, 0.2) is 5.96 Å². The van der Waals surface area contributed by atoms with Crippen molar-refractivity contribution in [1.82, 2.24) is 10.2 Å². The second kappa shape index (κ2) is 11.7.